The van der Waals surface area contributed by atoms with Gasteiger partial charge in [-0.1, -0.05) is 48.0 Å². The molecule has 2 aromatic heterocycles. The molecule has 0 fully saturated rings. The van der Waals surface area contributed by atoms with E-state index in [0.717, 1.165) is 45.5 Å². The van der Waals surface area contributed by atoms with Gasteiger partial charge in [0.2, 0.25) is 0 Å². The summed E-state index contributed by atoms with van der Waals surface area (Å²) in [5.74, 6) is 1.25. The van der Waals surface area contributed by atoms with Crippen LogP contribution in [0.2, 0.25) is 0 Å². The standard InChI is InChI=1S/C21H22N6OS/c1-13-9-11-16(12-10-13)21(28)29-26-24-19-18-14(2)25-27(17-7-5-4-6-8-17)20(18)23-15(3)22-19/h4-12,21,26,28H,1-3H3,(H,22,23,24). The minimum absolute atomic E-state index is 0.621. The SMILES string of the molecule is Cc1ccc(C(O)SNNc2nc(C)nc3c2c(C)nn3-c2ccccc2)cc1. The van der Waals surface area contributed by atoms with Crippen LogP contribution in [0.25, 0.3) is 16.7 Å². The molecule has 2 aromatic carbocycles. The zero-order valence-corrected chi connectivity index (χ0v) is 17.2. The van der Waals surface area contributed by atoms with Crippen LogP contribution in [0, 0.1) is 20.8 Å². The molecule has 0 aliphatic carbocycles. The van der Waals surface area contributed by atoms with E-state index in [1.807, 2.05) is 80.1 Å². The van der Waals surface area contributed by atoms with E-state index in [1.54, 1.807) is 0 Å². The normalized spacial score (nSPS) is 12.3. The first-order valence-electron chi connectivity index (χ1n) is 9.23. The van der Waals surface area contributed by atoms with Gasteiger partial charge in [0.05, 0.1) is 16.8 Å². The Morgan fingerprint density at radius 1 is 0.966 bits per heavy atom. The Kier molecular flexibility index (Phi) is 5.48. The van der Waals surface area contributed by atoms with Crippen molar-refractivity contribution in [1.82, 2.24) is 24.6 Å². The van der Waals surface area contributed by atoms with Crippen molar-refractivity contribution >= 4 is 28.8 Å². The summed E-state index contributed by atoms with van der Waals surface area (Å²) in [5, 5.41) is 15.9. The van der Waals surface area contributed by atoms with Crippen LogP contribution in [-0.2, 0) is 0 Å². The molecule has 0 aliphatic heterocycles. The molecule has 0 bridgehead atoms. The number of aromatic nitrogens is 4. The number of nitrogens with one attached hydrogen (secondary N) is 2. The van der Waals surface area contributed by atoms with Crippen molar-refractivity contribution in [1.29, 1.82) is 0 Å². The highest BCUT2D eigenvalue weighted by atomic mass is 32.2. The second-order valence-electron chi connectivity index (χ2n) is 6.76. The number of hydrogen-bond acceptors (Lipinski definition) is 7. The highest BCUT2D eigenvalue weighted by molar-refractivity contribution is 7.97. The minimum atomic E-state index is -0.713. The molecule has 3 N–H and O–H groups in total. The van der Waals surface area contributed by atoms with Crippen LogP contribution in [0.4, 0.5) is 5.82 Å². The lowest BCUT2D eigenvalue weighted by Gasteiger charge is -2.13. The summed E-state index contributed by atoms with van der Waals surface area (Å²) >= 11 is 1.16. The molecule has 7 nitrogen and oxygen atoms in total. The van der Waals surface area contributed by atoms with E-state index < -0.39 is 5.44 Å². The second-order valence-corrected chi connectivity index (χ2v) is 7.65. The van der Waals surface area contributed by atoms with E-state index in [2.05, 4.69) is 25.3 Å². The first kappa shape index (κ1) is 19.4. The van der Waals surface area contributed by atoms with Crippen molar-refractivity contribution in [2.45, 2.75) is 26.2 Å². The van der Waals surface area contributed by atoms with Crippen molar-refractivity contribution in [2.24, 2.45) is 0 Å². The minimum Gasteiger partial charge on any atom is -0.377 e. The molecule has 8 heteroatoms. The first-order chi connectivity index (χ1) is 14.0. The lowest BCUT2D eigenvalue weighted by molar-refractivity contribution is 0.269. The molecule has 29 heavy (non-hydrogen) atoms. The predicted octanol–water partition coefficient (Wildman–Crippen LogP) is 4.00. The largest absolute Gasteiger partial charge is 0.377 e. The molecule has 1 atom stereocenters. The molecular formula is C21H22N6OS. The Morgan fingerprint density at radius 2 is 1.69 bits per heavy atom. The van der Waals surface area contributed by atoms with E-state index >= 15 is 0 Å². The molecule has 0 saturated carbocycles. The van der Waals surface area contributed by atoms with Crippen LogP contribution in [0.1, 0.15) is 28.1 Å². The second kappa shape index (κ2) is 8.20. The number of hydrogen-bond donors (Lipinski definition) is 3. The summed E-state index contributed by atoms with van der Waals surface area (Å²) < 4.78 is 1.82. The number of aliphatic hydroxyl groups excluding tert-OH is 1. The number of aryl methyl sites for hydroxylation is 3. The van der Waals surface area contributed by atoms with Gasteiger partial charge in [-0.2, -0.15) is 9.93 Å². The van der Waals surface area contributed by atoms with Gasteiger partial charge in [0, 0.05) is 0 Å². The predicted molar refractivity (Wildman–Crippen MR) is 117 cm³/mol. The van der Waals surface area contributed by atoms with Gasteiger partial charge in [0.15, 0.2) is 11.5 Å². The molecule has 4 aromatic rings. The van der Waals surface area contributed by atoms with Crippen LogP contribution in [-0.4, -0.2) is 24.9 Å². The van der Waals surface area contributed by atoms with Crippen LogP contribution in [0.5, 0.6) is 0 Å². The summed E-state index contributed by atoms with van der Waals surface area (Å²) in [6.45, 7) is 5.79. The molecule has 0 saturated heterocycles. The van der Waals surface area contributed by atoms with Gasteiger partial charge in [-0.15, -0.1) is 0 Å². The molecule has 4 rings (SSSR count). The van der Waals surface area contributed by atoms with Gasteiger partial charge in [-0.3, -0.25) is 5.43 Å². The fourth-order valence-electron chi connectivity index (χ4n) is 3.06. The van der Waals surface area contributed by atoms with E-state index in [4.69, 9.17) is 0 Å². The van der Waals surface area contributed by atoms with E-state index in [-0.39, 0.29) is 0 Å². The van der Waals surface area contributed by atoms with Crippen LogP contribution in [0.3, 0.4) is 0 Å². The quantitative estimate of drug-likeness (QED) is 0.253. The number of rotatable bonds is 6. The molecule has 2 heterocycles. The zero-order valence-electron chi connectivity index (χ0n) is 16.4. The molecular weight excluding hydrogens is 384 g/mol. The van der Waals surface area contributed by atoms with Crippen molar-refractivity contribution in [3.63, 3.8) is 0 Å². The average Bonchev–Trinajstić information content (AvgIpc) is 3.05. The molecule has 0 aliphatic rings. The van der Waals surface area contributed by atoms with Crippen LogP contribution < -0.4 is 10.3 Å². The summed E-state index contributed by atoms with van der Waals surface area (Å²) in [6.07, 6.45) is 0. The summed E-state index contributed by atoms with van der Waals surface area (Å²) in [7, 11) is 0. The third kappa shape index (κ3) is 4.09. The Bertz CT molecular complexity index is 1130. The molecule has 0 spiro atoms. The number of para-hydroxylation sites is 1. The summed E-state index contributed by atoms with van der Waals surface area (Å²) in [6, 6.07) is 17.7. The number of anilines is 1. The van der Waals surface area contributed by atoms with Gasteiger partial charge in [-0.05, 0) is 50.4 Å². The third-order valence-corrected chi connectivity index (χ3v) is 5.23. The fourth-order valence-corrected chi connectivity index (χ4v) is 3.62. The van der Waals surface area contributed by atoms with Gasteiger partial charge in [0.25, 0.3) is 0 Å². The fraction of sp³-hybridized carbons (Fsp3) is 0.190. The van der Waals surface area contributed by atoms with E-state index in [0.29, 0.717) is 11.6 Å². The topological polar surface area (TPSA) is 87.9 Å². The highest BCUT2D eigenvalue weighted by Crippen LogP contribution is 2.27. The third-order valence-electron chi connectivity index (χ3n) is 4.52. The summed E-state index contributed by atoms with van der Waals surface area (Å²) in [4.78, 5) is 12.1. The van der Waals surface area contributed by atoms with Gasteiger partial charge in [-0.25, -0.2) is 14.6 Å². The maximum Gasteiger partial charge on any atom is 0.169 e. The van der Waals surface area contributed by atoms with Gasteiger partial charge < -0.3 is 5.11 Å². The number of aliphatic hydroxyl groups is 1. The average molecular weight is 407 g/mol. The maximum atomic E-state index is 10.4. The van der Waals surface area contributed by atoms with Crippen molar-refractivity contribution in [3.05, 3.63) is 77.2 Å². The Morgan fingerprint density at radius 3 is 2.41 bits per heavy atom. The van der Waals surface area contributed by atoms with Crippen molar-refractivity contribution < 1.29 is 5.11 Å². The molecule has 148 valence electrons. The van der Waals surface area contributed by atoms with E-state index in [1.165, 1.54) is 0 Å². The Balaban J connectivity index is 1.58. The number of benzene rings is 2. The zero-order chi connectivity index (χ0) is 20.4. The Hall–Kier alpha value is -2.94. The number of fused-ring (bicyclic) bond motifs is 1. The molecule has 0 amide bonds. The lowest BCUT2D eigenvalue weighted by Crippen LogP contribution is -2.17. The highest BCUT2D eigenvalue weighted by Gasteiger charge is 2.17. The van der Waals surface area contributed by atoms with Crippen LogP contribution in [0.15, 0.2) is 54.6 Å². The Labute approximate surface area is 173 Å². The van der Waals surface area contributed by atoms with Gasteiger partial charge >= 0.3 is 0 Å². The molecule has 0 radical (unpaired) electrons. The van der Waals surface area contributed by atoms with Crippen molar-refractivity contribution in [2.75, 3.05) is 5.43 Å². The lowest BCUT2D eigenvalue weighted by atomic mass is 10.2. The monoisotopic (exact) mass is 406 g/mol. The maximum absolute atomic E-state index is 10.4. The summed E-state index contributed by atoms with van der Waals surface area (Å²) in [5.41, 5.74) is 6.85. The van der Waals surface area contributed by atoms with Gasteiger partial charge in [0.1, 0.15) is 11.3 Å². The number of nitrogens with zero attached hydrogens (tertiary/aromatic N) is 4. The first-order valence-corrected chi connectivity index (χ1v) is 10.1. The van der Waals surface area contributed by atoms with Crippen molar-refractivity contribution in [3.8, 4) is 5.69 Å². The van der Waals surface area contributed by atoms with Crippen LogP contribution >= 0.6 is 11.9 Å². The number of hydrazine groups is 1. The van der Waals surface area contributed by atoms with E-state index in [9.17, 15) is 5.11 Å². The molecule has 1 unspecified atom stereocenters. The smallest absolute Gasteiger partial charge is 0.169 e.